The van der Waals surface area contributed by atoms with Crippen molar-refractivity contribution < 1.29 is 14.3 Å². The number of benzene rings is 1. The van der Waals surface area contributed by atoms with Gasteiger partial charge in [0.2, 0.25) is 5.91 Å². The summed E-state index contributed by atoms with van der Waals surface area (Å²) >= 11 is 0. The van der Waals surface area contributed by atoms with Crippen molar-refractivity contribution in [1.29, 1.82) is 0 Å². The van der Waals surface area contributed by atoms with Crippen LogP contribution in [-0.4, -0.2) is 37.6 Å². The Labute approximate surface area is 127 Å². The fraction of sp³-hybridized carbons (Fsp3) is 0.562. The lowest BCUT2D eigenvalue weighted by molar-refractivity contribution is -0.130. The van der Waals surface area contributed by atoms with E-state index in [0.29, 0.717) is 25.4 Å². The van der Waals surface area contributed by atoms with Crippen LogP contribution < -0.4 is 15.2 Å². The third-order valence-corrected chi connectivity index (χ3v) is 3.08. The molecule has 0 atom stereocenters. The maximum Gasteiger partial charge on any atom is 0.236 e. The van der Waals surface area contributed by atoms with Crippen molar-refractivity contribution in [2.24, 2.45) is 5.73 Å². The number of nitrogens with zero attached hydrogens (tertiary/aromatic N) is 1. The summed E-state index contributed by atoms with van der Waals surface area (Å²) in [6.45, 7) is 6.03. The third kappa shape index (κ3) is 5.27. The number of methoxy groups -OCH3 is 1. The highest BCUT2D eigenvalue weighted by atomic mass is 16.5. The zero-order chi connectivity index (χ0) is 15.7. The van der Waals surface area contributed by atoms with Gasteiger partial charge in [-0.1, -0.05) is 19.9 Å². The Kier molecular flexibility index (Phi) is 7.61. The fourth-order valence-corrected chi connectivity index (χ4v) is 2.05. The van der Waals surface area contributed by atoms with Crippen LogP contribution in [-0.2, 0) is 11.3 Å². The first-order chi connectivity index (χ1) is 10.2. The van der Waals surface area contributed by atoms with Crippen LogP contribution in [0.2, 0.25) is 0 Å². The molecule has 0 spiro atoms. The number of nitrogens with two attached hydrogens (primary N) is 1. The number of ether oxygens (including phenoxy) is 2. The van der Waals surface area contributed by atoms with Gasteiger partial charge >= 0.3 is 0 Å². The van der Waals surface area contributed by atoms with E-state index in [4.69, 9.17) is 15.2 Å². The largest absolute Gasteiger partial charge is 0.493 e. The molecule has 0 saturated carbocycles. The minimum Gasteiger partial charge on any atom is -0.493 e. The Morgan fingerprint density at radius 2 is 2.00 bits per heavy atom. The normalized spacial score (nSPS) is 10.3. The molecule has 2 N–H and O–H groups in total. The second-order valence-corrected chi connectivity index (χ2v) is 4.85. The lowest BCUT2D eigenvalue weighted by Gasteiger charge is -2.22. The summed E-state index contributed by atoms with van der Waals surface area (Å²) < 4.78 is 11.0. The molecule has 0 fully saturated rings. The predicted octanol–water partition coefficient (Wildman–Crippen LogP) is 2.18. The van der Waals surface area contributed by atoms with Crippen molar-refractivity contribution in [2.45, 2.75) is 33.2 Å². The zero-order valence-corrected chi connectivity index (χ0v) is 13.2. The van der Waals surface area contributed by atoms with Crippen molar-refractivity contribution in [3.05, 3.63) is 23.8 Å². The second-order valence-electron chi connectivity index (χ2n) is 4.85. The Morgan fingerprint density at radius 1 is 1.24 bits per heavy atom. The molecule has 0 saturated heterocycles. The summed E-state index contributed by atoms with van der Waals surface area (Å²) in [6.07, 6.45) is 1.85. The van der Waals surface area contributed by atoms with Crippen LogP contribution in [0.25, 0.3) is 0 Å². The first-order valence-corrected chi connectivity index (χ1v) is 7.43. The van der Waals surface area contributed by atoms with E-state index >= 15 is 0 Å². The molecule has 0 heterocycles. The monoisotopic (exact) mass is 294 g/mol. The van der Waals surface area contributed by atoms with Gasteiger partial charge in [0.1, 0.15) is 0 Å². The minimum absolute atomic E-state index is 0.0365. The van der Waals surface area contributed by atoms with E-state index in [1.165, 1.54) is 0 Å². The maximum absolute atomic E-state index is 11.8. The Balaban J connectivity index is 2.84. The first-order valence-electron chi connectivity index (χ1n) is 7.43. The van der Waals surface area contributed by atoms with E-state index in [2.05, 4.69) is 6.92 Å². The lowest BCUT2D eigenvalue weighted by Crippen LogP contribution is -2.36. The minimum atomic E-state index is -0.0397. The molecule has 0 aliphatic carbocycles. The fourth-order valence-electron chi connectivity index (χ4n) is 2.05. The van der Waals surface area contributed by atoms with Crippen LogP contribution in [0.15, 0.2) is 18.2 Å². The molecule has 0 aliphatic rings. The molecule has 5 nitrogen and oxygen atoms in total. The highest BCUT2D eigenvalue weighted by Gasteiger charge is 2.13. The summed E-state index contributed by atoms with van der Waals surface area (Å²) in [5.74, 6) is 1.38. The number of hydrogen-bond acceptors (Lipinski definition) is 4. The summed E-state index contributed by atoms with van der Waals surface area (Å²) in [5, 5.41) is 0. The molecule has 0 bridgehead atoms. The predicted molar refractivity (Wildman–Crippen MR) is 83.5 cm³/mol. The molecule has 0 aromatic heterocycles. The van der Waals surface area contributed by atoms with Gasteiger partial charge in [0.05, 0.1) is 20.3 Å². The van der Waals surface area contributed by atoms with Crippen molar-refractivity contribution in [2.75, 3.05) is 26.8 Å². The molecule has 1 rings (SSSR count). The third-order valence-electron chi connectivity index (χ3n) is 3.08. The molecule has 1 aromatic carbocycles. The molecular formula is C16H26N2O3. The van der Waals surface area contributed by atoms with Gasteiger partial charge in [-0.3, -0.25) is 4.79 Å². The first kappa shape index (κ1) is 17.3. The van der Waals surface area contributed by atoms with E-state index in [-0.39, 0.29) is 12.5 Å². The van der Waals surface area contributed by atoms with Gasteiger partial charge in [-0.25, -0.2) is 0 Å². The van der Waals surface area contributed by atoms with E-state index in [1.54, 1.807) is 12.0 Å². The highest BCUT2D eigenvalue weighted by molar-refractivity contribution is 5.78. The molecule has 0 radical (unpaired) electrons. The van der Waals surface area contributed by atoms with Gasteiger partial charge in [0.25, 0.3) is 0 Å². The summed E-state index contributed by atoms with van der Waals surface area (Å²) in [5.41, 5.74) is 6.46. The van der Waals surface area contributed by atoms with Crippen LogP contribution in [0.5, 0.6) is 11.5 Å². The van der Waals surface area contributed by atoms with Crippen LogP contribution in [0.3, 0.4) is 0 Å². The standard InChI is InChI=1S/C16H26N2O3/c1-4-8-18(16(19)11-17)12-13-6-7-14(21-9-5-2)15(10-13)20-3/h6-7,10H,4-5,8-9,11-12,17H2,1-3H3. The number of rotatable bonds is 9. The van der Waals surface area contributed by atoms with Crippen LogP contribution in [0, 0.1) is 0 Å². The summed E-state index contributed by atoms with van der Waals surface area (Å²) in [6, 6.07) is 5.76. The molecule has 21 heavy (non-hydrogen) atoms. The Hall–Kier alpha value is -1.75. The van der Waals surface area contributed by atoms with Gasteiger partial charge in [-0.2, -0.15) is 0 Å². The quantitative estimate of drug-likeness (QED) is 0.758. The molecule has 1 aromatic rings. The second kappa shape index (κ2) is 9.23. The average molecular weight is 294 g/mol. The number of carbonyl (C=O) groups excluding carboxylic acids is 1. The molecule has 118 valence electrons. The van der Waals surface area contributed by atoms with Crippen molar-refractivity contribution in [3.8, 4) is 11.5 Å². The number of amides is 1. The van der Waals surface area contributed by atoms with Crippen molar-refractivity contribution >= 4 is 5.91 Å². The number of carbonyl (C=O) groups is 1. The Bertz CT molecular complexity index is 449. The van der Waals surface area contributed by atoms with Gasteiger partial charge in [0.15, 0.2) is 11.5 Å². The van der Waals surface area contributed by atoms with Gasteiger partial charge in [0, 0.05) is 13.1 Å². The maximum atomic E-state index is 11.8. The highest BCUT2D eigenvalue weighted by Crippen LogP contribution is 2.28. The van der Waals surface area contributed by atoms with Crippen molar-refractivity contribution in [3.63, 3.8) is 0 Å². The van der Waals surface area contributed by atoms with E-state index in [9.17, 15) is 4.79 Å². The van der Waals surface area contributed by atoms with E-state index in [1.807, 2.05) is 25.1 Å². The van der Waals surface area contributed by atoms with Crippen LogP contribution in [0.4, 0.5) is 0 Å². The molecule has 0 aliphatic heterocycles. The van der Waals surface area contributed by atoms with Gasteiger partial charge in [-0.15, -0.1) is 0 Å². The zero-order valence-electron chi connectivity index (χ0n) is 13.2. The van der Waals surface area contributed by atoms with Crippen molar-refractivity contribution in [1.82, 2.24) is 4.90 Å². The SMILES string of the molecule is CCCOc1ccc(CN(CCC)C(=O)CN)cc1OC. The van der Waals surface area contributed by atoms with Crippen LogP contribution in [0.1, 0.15) is 32.3 Å². The molecule has 0 unspecified atom stereocenters. The smallest absolute Gasteiger partial charge is 0.236 e. The summed E-state index contributed by atoms with van der Waals surface area (Å²) in [4.78, 5) is 13.6. The topological polar surface area (TPSA) is 64.8 Å². The van der Waals surface area contributed by atoms with Gasteiger partial charge in [-0.05, 0) is 30.5 Å². The Morgan fingerprint density at radius 3 is 2.57 bits per heavy atom. The number of hydrogen-bond donors (Lipinski definition) is 1. The molecular weight excluding hydrogens is 268 g/mol. The van der Waals surface area contributed by atoms with Gasteiger partial charge < -0.3 is 20.1 Å². The van der Waals surface area contributed by atoms with E-state index < -0.39 is 0 Å². The van der Waals surface area contributed by atoms with E-state index in [0.717, 1.165) is 24.2 Å². The average Bonchev–Trinajstić information content (AvgIpc) is 2.52. The van der Waals surface area contributed by atoms with Crippen LogP contribution >= 0.6 is 0 Å². The lowest BCUT2D eigenvalue weighted by atomic mass is 10.1. The molecule has 1 amide bonds. The molecule has 5 heteroatoms. The summed E-state index contributed by atoms with van der Waals surface area (Å²) in [7, 11) is 1.62.